The Hall–Kier alpha value is -1.86. The minimum absolute atomic E-state index is 0.114. The highest BCUT2D eigenvalue weighted by molar-refractivity contribution is 5.80. The fourth-order valence-corrected chi connectivity index (χ4v) is 6.52. The van der Waals surface area contributed by atoms with E-state index in [1.54, 1.807) is 27.8 Å². The van der Waals surface area contributed by atoms with Crippen LogP contribution < -0.4 is 5.32 Å². The Bertz CT molecular complexity index is 878. The molecular formula is C27H37N3O. The summed E-state index contributed by atoms with van der Waals surface area (Å²) < 4.78 is 0. The minimum atomic E-state index is -0.204. The summed E-state index contributed by atoms with van der Waals surface area (Å²) in [5, 5.41) is 12.9. The monoisotopic (exact) mass is 419 g/mol. The molecule has 1 amide bonds. The van der Waals surface area contributed by atoms with Crippen molar-refractivity contribution in [2.75, 3.05) is 6.54 Å². The second-order valence-electron chi connectivity index (χ2n) is 11.1. The number of nitrogens with zero attached hydrogens (tertiary/aromatic N) is 2. The highest BCUT2D eigenvalue weighted by Crippen LogP contribution is 2.47. The Morgan fingerprint density at radius 3 is 2.42 bits per heavy atom. The number of benzene rings is 1. The van der Waals surface area contributed by atoms with Gasteiger partial charge in [0, 0.05) is 12.1 Å². The quantitative estimate of drug-likeness (QED) is 0.786. The van der Waals surface area contributed by atoms with Gasteiger partial charge in [0.25, 0.3) is 0 Å². The van der Waals surface area contributed by atoms with Gasteiger partial charge in [-0.3, -0.25) is 4.79 Å². The second kappa shape index (κ2) is 8.24. The molecule has 0 bridgehead atoms. The molecular weight excluding hydrogens is 382 g/mol. The number of aryl methyl sites for hydroxylation is 2. The lowest BCUT2D eigenvalue weighted by atomic mass is 9.73. The molecule has 1 saturated carbocycles. The molecule has 4 heteroatoms. The van der Waals surface area contributed by atoms with Crippen molar-refractivity contribution >= 4 is 5.91 Å². The van der Waals surface area contributed by atoms with Crippen molar-refractivity contribution in [2.24, 2.45) is 17.8 Å². The lowest BCUT2D eigenvalue weighted by Crippen LogP contribution is -2.45. The lowest BCUT2D eigenvalue weighted by molar-refractivity contribution is -0.131. The number of hydrogen-bond donors (Lipinski definition) is 1. The summed E-state index contributed by atoms with van der Waals surface area (Å²) in [7, 11) is 0. The average Bonchev–Trinajstić information content (AvgIpc) is 3.42. The van der Waals surface area contributed by atoms with Gasteiger partial charge in [-0.2, -0.15) is 5.26 Å². The van der Waals surface area contributed by atoms with Gasteiger partial charge in [-0.1, -0.05) is 19.9 Å². The maximum atomic E-state index is 12.9. The zero-order valence-corrected chi connectivity index (χ0v) is 19.4. The molecule has 3 aliphatic carbocycles. The van der Waals surface area contributed by atoms with Gasteiger partial charge in [-0.25, -0.2) is 0 Å². The van der Waals surface area contributed by atoms with Gasteiger partial charge < -0.3 is 10.2 Å². The Labute approximate surface area is 187 Å². The van der Waals surface area contributed by atoms with E-state index in [4.69, 9.17) is 0 Å². The van der Waals surface area contributed by atoms with E-state index in [9.17, 15) is 10.1 Å². The molecule has 31 heavy (non-hydrogen) atoms. The summed E-state index contributed by atoms with van der Waals surface area (Å²) in [6.45, 7) is 7.36. The Morgan fingerprint density at radius 1 is 1.16 bits per heavy atom. The first kappa shape index (κ1) is 21.0. The van der Waals surface area contributed by atoms with Gasteiger partial charge in [-0.05, 0) is 110 Å². The van der Waals surface area contributed by atoms with Crippen LogP contribution in [0.1, 0.15) is 74.3 Å². The number of nitrogens with one attached hydrogen (secondary N) is 1. The van der Waals surface area contributed by atoms with Crippen LogP contribution in [0, 0.1) is 29.1 Å². The molecule has 4 unspecified atom stereocenters. The Balaban J connectivity index is 1.31. The number of carbonyl (C=O) groups excluding carboxylic acids is 1. The summed E-state index contributed by atoms with van der Waals surface area (Å²) in [6, 6.07) is 5.26. The summed E-state index contributed by atoms with van der Waals surface area (Å²) >= 11 is 0. The van der Waals surface area contributed by atoms with Crippen molar-refractivity contribution in [2.45, 2.75) is 96.7 Å². The van der Waals surface area contributed by atoms with Crippen LogP contribution in [0.2, 0.25) is 0 Å². The number of rotatable bonds is 5. The van der Waals surface area contributed by atoms with Crippen LogP contribution in [-0.2, 0) is 36.9 Å². The van der Waals surface area contributed by atoms with Gasteiger partial charge in [0.1, 0.15) is 6.04 Å². The largest absolute Gasteiger partial charge is 0.322 e. The maximum absolute atomic E-state index is 12.9. The van der Waals surface area contributed by atoms with Gasteiger partial charge in [0.15, 0.2) is 0 Å². The first-order chi connectivity index (χ1) is 14.9. The smallest absolute Gasteiger partial charge is 0.237 e. The molecule has 1 saturated heterocycles. The zero-order valence-electron chi connectivity index (χ0n) is 19.4. The molecule has 1 N–H and O–H groups in total. The van der Waals surface area contributed by atoms with Gasteiger partial charge >= 0.3 is 0 Å². The number of likely N-dealkylation sites (tertiary alicyclic amines) is 1. The van der Waals surface area contributed by atoms with Crippen molar-refractivity contribution in [1.82, 2.24) is 10.2 Å². The van der Waals surface area contributed by atoms with Crippen LogP contribution in [0.4, 0.5) is 0 Å². The predicted molar refractivity (Wildman–Crippen MR) is 123 cm³/mol. The highest BCUT2D eigenvalue weighted by atomic mass is 16.2. The van der Waals surface area contributed by atoms with E-state index >= 15 is 0 Å². The average molecular weight is 420 g/mol. The number of fused-ring (bicyclic) bond motifs is 3. The fourth-order valence-electron chi connectivity index (χ4n) is 6.52. The molecule has 0 aromatic heterocycles. The van der Waals surface area contributed by atoms with Crippen molar-refractivity contribution < 1.29 is 4.79 Å². The van der Waals surface area contributed by atoms with Crippen LogP contribution >= 0.6 is 0 Å². The summed E-state index contributed by atoms with van der Waals surface area (Å²) in [5.74, 6) is 2.22. The molecule has 1 aliphatic heterocycles. The van der Waals surface area contributed by atoms with Crippen molar-refractivity contribution in [3.63, 3.8) is 0 Å². The van der Waals surface area contributed by atoms with Gasteiger partial charge in [0.05, 0.1) is 12.6 Å². The third kappa shape index (κ3) is 4.02. The molecule has 0 radical (unpaired) electrons. The molecule has 166 valence electrons. The van der Waals surface area contributed by atoms with E-state index in [1.165, 1.54) is 38.5 Å². The number of amides is 1. The number of carbonyl (C=O) groups is 1. The first-order valence-electron chi connectivity index (χ1n) is 12.5. The van der Waals surface area contributed by atoms with Crippen molar-refractivity contribution in [3.8, 4) is 6.07 Å². The van der Waals surface area contributed by atoms with Crippen molar-refractivity contribution in [1.29, 1.82) is 5.26 Å². The summed E-state index contributed by atoms with van der Waals surface area (Å²) in [6.07, 6.45) is 10.5. The molecule has 0 spiro atoms. The third-order valence-electron chi connectivity index (χ3n) is 8.42. The molecule has 1 aromatic carbocycles. The first-order valence-corrected chi connectivity index (χ1v) is 12.5. The SMILES string of the molecule is CC1CCc2cc3c(c(CC(C)NCC(=O)N4C(C#N)C[C@@H]5C[C@@H]54)c2C1)CC(C)CC3. The predicted octanol–water partition coefficient (Wildman–Crippen LogP) is 3.97. The molecule has 4 aliphatic rings. The molecule has 6 atom stereocenters. The standard InChI is InChI=1S/C27H37N3O/c1-16-4-6-19-11-20-7-5-17(2)9-24(20)25(23(19)8-16)10-18(3)29-15-27(31)30-22(14-28)12-21-13-26(21)30/h11,16-18,21-22,26,29H,4-10,12-13,15H2,1-3H3/t16?,17?,18?,21-,22?,26+/m1/s1. The van der Waals surface area contributed by atoms with Crippen LogP contribution in [0.15, 0.2) is 6.07 Å². The lowest BCUT2D eigenvalue weighted by Gasteiger charge is -2.32. The topological polar surface area (TPSA) is 56.1 Å². The van der Waals surface area contributed by atoms with E-state index in [1.807, 2.05) is 4.90 Å². The van der Waals surface area contributed by atoms with E-state index in [0.717, 1.165) is 31.1 Å². The van der Waals surface area contributed by atoms with Crippen LogP contribution in [-0.4, -0.2) is 35.5 Å². The van der Waals surface area contributed by atoms with Gasteiger partial charge in [-0.15, -0.1) is 0 Å². The molecule has 2 fully saturated rings. The Kier molecular flexibility index (Phi) is 5.59. The molecule has 1 heterocycles. The van der Waals surface area contributed by atoms with E-state index in [-0.39, 0.29) is 18.0 Å². The highest BCUT2D eigenvalue weighted by Gasteiger charge is 2.53. The summed E-state index contributed by atoms with van der Waals surface area (Å²) in [4.78, 5) is 14.7. The van der Waals surface area contributed by atoms with Crippen LogP contribution in [0.5, 0.6) is 0 Å². The minimum Gasteiger partial charge on any atom is -0.322 e. The van der Waals surface area contributed by atoms with Crippen LogP contribution in [0.25, 0.3) is 0 Å². The zero-order chi connectivity index (χ0) is 21.7. The molecule has 1 aromatic rings. The fraction of sp³-hybridized carbons (Fsp3) is 0.704. The van der Waals surface area contributed by atoms with Crippen molar-refractivity contribution in [3.05, 3.63) is 33.9 Å². The number of hydrogen-bond acceptors (Lipinski definition) is 3. The van der Waals surface area contributed by atoms with E-state index < -0.39 is 0 Å². The van der Waals surface area contributed by atoms with Crippen LogP contribution in [0.3, 0.4) is 0 Å². The van der Waals surface area contributed by atoms with E-state index in [0.29, 0.717) is 18.5 Å². The maximum Gasteiger partial charge on any atom is 0.237 e. The van der Waals surface area contributed by atoms with Gasteiger partial charge in [0.2, 0.25) is 5.91 Å². The third-order valence-corrected chi connectivity index (χ3v) is 8.42. The summed E-state index contributed by atoms with van der Waals surface area (Å²) in [5.41, 5.74) is 8.03. The molecule has 4 nitrogen and oxygen atoms in total. The normalized spacial score (nSPS) is 31.9. The number of nitriles is 1. The Morgan fingerprint density at radius 2 is 1.81 bits per heavy atom. The number of piperidine rings is 1. The van der Waals surface area contributed by atoms with E-state index in [2.05, 4.69) is 38.2 Å². The second-order valence-corrected chi connectivity index (χ2v) is 11.1. The molecule has 5 rings (SSSR count).